The number of hydrogen-bond acceptors (Lipinski definition) is 6. The molecule has 0 fully saturated rings. The van der Waals surface area contributed by atoms with Crippen molar-refractivity contribution < 1.29 is 13.5 Å². The molecule has 0 unspecified atom stereocenters. The van der Waals surface area contributed by atoms with E-state index in [0.29, 0.717) is 18.0 Å². The molecule has 0 amide bonds. The molecule has 2 rings (SSSR count). The number of nitrogens with zero attached hydrogens (tertiary/aromatic N) is 2. The van der Waals surface area contributed by atoms with E-state index in [9.17, 15) is 18.4 Å². The van der Waals surface area contributed by atoms with Crippen molar-refractivity contribution in [2.45, 2.75) is 33.0 Å². The van der Waals surface area contributed by atoms with Crippen LogP contribution in [0.1, 0.15) is 23.8 Å². The molecule has 0 aromatic carbocycles. The van der Waals surface area contributed by atoms with Gasteiger partial charge >= 0.3 is 5.69 Å². The van der Waals surface area contributed by atoms with Crippen molar-refractivity contribution in [3.05, 3.63) is 31.3 Å². The molecule has 0 radical (unpaired) electrons. The Morgan fingerprint density at radius 1 is 1.32 bits per heavy atom. The quantitative estimate of drug-likeness (QED) is 0.634. The molecule has 0 aliphatic rings. The van der Waals surface area contributed by atoms with Crippen molar-refractivity contribution in [3.8, 4) is 0 Å². The molecular formula is C15H22F2N4O3S. The zero-order chi connectivity index (χ0) is 18.6. The Hall–Kier alpha value is -1.62. The largest absolute Gasteiger partial charge is 0.383 e. The fourth-order valence-electron chi connectivity index (χ4n) is 2.65. The van der Waals surface area contributed by atoms with E-state index < -0.39 is 17.7 Å². The first-order valence-corrected chi connectivity index (χ1v) is 8.76. The fraction of sp³-hybridized carbons (Fsp3) is 0.600. The van der Waals surface area contributed by atoms with Gasteiger partial charge in [0.15, 0.2) is 0 Å². The number of halogens is 2. The molecule has 0 spiro atoms. The van der Waals surface area contributed by atoms with Crippen LogP contribution in [-0.2, 0) is 24.4 Å². The normalized spacial score (nSPS) is 11.8. The topological polar surface area (TPSA) is 91.3 Å². The summed E-state index contributed by atoms with van der Waals surface area (Å²) in [5.41, 5.74) is 3.92. The number of aromatic nitrogens is 2. The maximum atomic E-state index is 13.7. The van der Waals surface area contributed by atoms with E-state index in [1.807, 2.05) is 0 Å². The Morgan fingerprint density at radius 2 is 2.04 bits per heavy atom. The lowest BCUT2D eigenvalue weighted by Crippen LogP contribution is -2.40. The van der Waals surface area contributed by atoms with Gasteiger partial charge in [0.2, 0.25) is 0 Å². The summed E-state index contributed by atoms with van der Waals surface area (Å²) in [6.07, 6.45) is -2.81. The second kappa shape index (κ2) is 8.65. The highest BCUT2D eigenvalue weighted by Gasteiger charge is 2.26. The minimum Gasteiger partial charge on any atom is -0.383 e. The summed E-state index contributed by atoms with van der Waals surface area (Å²) in [4.78, 5) is 25.8. The Kier molecular flexibility index (Phi) is 6.82. The monoisotopic (exact) mass is 376 g/mol. The van der Waals surface area contributed by atoms with E-state index in [-0.39, 0.29) is 42.0 Å². The number of hydrogen-bond donors (Lipinski definition) is 2. The van der Waals surface area contributed by atoms with Crippen LogP contribution < -0.4 is 22.3 Å². The maximum Gasteiger partial charge on any atom is 0.332 e. The minimum atomic E-state index is -2.81. The number of nitrogens with two attached hydrogens (primary N) is 1. The molecule has 0 aliphatic carbocycles. The summed E-state index contributed by atoms with van der Waals surface area (Å²) >= 11 is 1.04. The SMILES string of the molecule is CCn1c(=O)c2c(C(F)F)c(CNCCN)sc2n(CCOC)c1=O. The summed E-state index contributed by atoms with van der Waals surface area (Å²) in [6.45, 7) is 3.17. The first kappa shape index (κ1) is 19.7. The zero-order valence-corrected chi connectivity index (χ0v) is 15.0. The average Bonchev–Trinajstić information content (AvgIpc) is 2.95. The third kappa shape index (κ3) is 3.81. The smallest absolute Gasteiger partial charge is 0.332 e. The Morgan fingerprint density at radius 3 is 2.60 bits per heavy atom. The van der Waals surface area contributed by atoms with Gasteiger partial charge < -0.3 is 15.8 Å². The van der Waals surface area contributed by atoms with Gasteiger partial charge in [-0.3, -0.25) is 13.9 Å². The van der Waals surface area contributed by atoms with Crippen LogP contribution >= 0.6 is 11.3 Å². The highest BCUT2D eigenvalue weighted by molar-refractivity contribution is 7.18. The van der Waals surface area contributed by atoms with Crippen LogP contribution in [0.5, 0.6) is 0 Å². The highest BCUT2D eigenvalue weighted by atomic mass is 32.1. The van der Waals surface area contributed by atoms with Gasteiger partial charge in [-0.1, -0.05) is 0 Å². The molecule has 0 saturated carbocycles. The molecule has 140 valence electrons. The van der Waals surface area contributed by atoms with Crippen LogP contribution in [0.15, 0.2) is 9.59 Å². The van der Waals surface area contributed by atoms with Gasteiger partial charge in [0.05, 0.1) is 18.5 Å². The molecule has 0 bridgehead atoms. The molecule has 2 heterocycles. The first-order chi connectivity index (χ1) is 12.0. The molecule has 10 heteroatoms. The van der Waals surface area contributed by atoms with Crippen molar-refractivity contribution in [2.24, 2.45) is 5.73 Å². The van der Waals surface area contributed by atoms with Crippen LogP contribution in [0.3, 0.4) is 0 Å². The van der Waals surface area contributed by atoms with Crippen LogP contribution in [0.2, 0.25) is 0 Å². The number of alkyl halides is 2. The lowest BCUT2D eigenvalue weighted by atomic mass is 10.2. The van der Waals surface area contributed by atoms with Crippen molar-refractivity contribution in [3.63, 3.8) is 0 Å². The third-order valence-corrected chi connectivity index (χ3v) is 5.06. The summed E-state index contributed by atoms with van der Waals surface area (Å²) in [6, 6.07) is 0. The molecule has 2 aromatic heterocycles. The summed E-state index contributed by atoms with van der Waals surface area (Å²) in [5.74, 6) is 0. The molecular weight excluding hydrogens is 354 g/mol. The maximum absolute atomic E-state index is 13.7. The molecule has 2 aromatic rings. The molecule has 3 N–H and O–H groups in total. The summed E-state index contributed by atoms with van der Waals surface area (Å²) in [5, 5.41) is 2.88. The summed E-state index contributed by atoms with van der Waals surface area (Å²) < 4.78 is 34.7. The van der Waals surface area contributed by atoms with Crippen LogP contribution in [0.4, 0.5) is 8.78 Å². The third-order valence-electron chi connectivity index (χ3n) is 3.83. The average molecular weight is 376 g/mol. The van der Waals surface area contributed by atoms with Crippen LogP contribution in [0, 0.1) is 0 Å². The zero-order valence-electron chi connectivity index (χ0n) is 14.2. The van der Waals surface area contributed by atoms with Gasteiger partial charge in [-0.2, -0.15) is 0 Å². The van der Waals surface area contributed by atoms with E-state index in [4.69, 9.17) is 10.5 Å². The molecule has 25 heavy (non-hydrogen) atoms. The van der Waals surface area contributed by atoms with Gasteiger partial charge in [-0.25, -0.2) is 13.6 Å². The standard InChI is InChI=1S/C15H22F2N4O3S/c1-3-20-13(22)11-10(12(16)17)9(8-19-5-4-18)25-14(11)21(15(20)23)6-7-24-2/h12,19H,3-8,18H2,1-2H3. The first-order valence-electron chi connectivity index (χ1n) is 7.94. The van der Waals surface area contributed by atoms with Crippen molar-refractivity contribution >= 4 is 21.6 Å². The lowest BCUT2D eigenvalue weighted by molar-refractivity contribution is 0.152. The summed E-state index contributed by atoms with van der Waals surface area (Å²) in [7, 11) is 1.49. The highest BCUT2D eigenvalue weighted by Crippen LogP contribution is 2.35. The lowest BCUT2D eigenvalue weighted by Gasteiger charge is -2.10. The molecule has 7 nitrogen and oxygen atoms in total. The Bertz CT molecular complexity index is 844. The van der Waals surface area contributed by atoms with Gasteiger partial charge in [0.25, 0.3) is 12.0 Å². The molecule has 0 saturated heterocycles. The molecule has 0 atom stereocenters. The number of rotatable bonds is 9. The Labute approximate surface area is 147 Å². The van der Waals surface area contributed by atoms with E-state index in [0.717, 1.165) is 15.9 Å². The minimum absolute atomic E-state index is 0.0814. The van der Waals surface area contributed by atoms with Gasteiger partial charge in [0, 0.05) is 43.7 Å². The van der Waals surface area contributed by atoms with E-state index in [2.05, 4.69) is 5.32 Å². The van der Waals surface area contributed by atoms with Crippen molar-refractivity contribution in [1.29, 1.82) is 0 Å². The van der Waals surface area contributed by atoms with Crippen molar-refractivity contribution in [2.75, 3.05) is 26.8 Å². The van der Waals surface area contributed by atoms with Gasteiger partial charge in [-0.15, -0.1) is 11.3 Å². The second-order valence-corrected chi connectivity index (χ2v) is 6.45. The predicted octanol–water partition coefficient (Wildman–Crippen LogP) is 0.877. The number of ether oxygens (including phenoxy) is 1. The van der Waals surface area contributed by atoms with Crippen molar-refractivity contribution in [1.82, 2.24) is 14.5 Å². The van der Waals surface area contributed by atoms with Crippen LogP contribution in [-0.4, -0.2) is 35.9 Å². The van der Waals surface area contributed by atoms with Crippen LogP contribution in [0.25, 0.3) is 10.2 Å². The Balaban J connectivity index is 2.77. The number of methoxy groups -OCH3 is 1. The fourth-order valence-corrected chi connectivity index (χ4v) is 3.94. The number of nitrogens with one attached hydrogen (secondary N) is 1. The van der Waals surface area contributed by atoms with E-state index in [1.54, 1.807) is 6.92 Å². The van der Waals surface area contributed by atoms with E-state index >= 15 is 0 Å². The van der Waals surface area contributed by atoms with Gasteiger partial charge in [0.1, 0.15) is 4.83 Å². The second-order valence-electron chi connectivity index (χ2n) is 5.36. The number of thiophene rings is 1. The predicted molar refractivity (Wildman–Crippen MR) is 93.6 cm³/mol. The van der Waals surface area contributed by atoms with Gasteiger partial charge in [-0.05, 0) is 6.92 Å². The number of fused-ring (bicyclic) bond motifs is 1. The van der Waals surface area contributed by atoms with E-state index in [1.165, 1.54) is 11.7 Å². The molecule has 0 aliphatic heterocycles.